The van der Waals surface area contributed by atoms with Gasteiger partial charge in [0.25, 0.3) is 0 Å². The monoisotopic (exact) mass is 741 g/mol. The predicted molar refractivity (Wildman–Crippen MR) is 226 cm³/mol. The maximum Gasteiger partial charge on any atom is 0.228 e. The Morgan fingerprint density at radius 2 is 0.982 bits per heavy atom. The molecular weight excluding hydrogens is 715 g/mol. The van der Waals surface area contributed by atoms with Crippen molar-refractivity contribution in [1.29, 1.82) is 0 Å². The average molecular weight is 742 g/mol. The summed E-state index contributed by atoms with van der Waals surface area (Å²) in [7, 11) is 0. The summed E-state index contributed by atoms with van der Waals surface area (Å²) in [6.07, 6.45) is 0. The number of benzene rings is 7. The first-order valence-electron chi connectivity index (χ1n) is 17.9. The second kappa shape index (κ2) is 12.9. The van der Waals surface area contributed by atoms with Crippen LogP contribution in [0.25, 0.3) is 109 Å². The lowest BCUT2D eigenvalue weighted by Gasteiger charge is -2.08. The topological polar surface area (TPSA) is 77.6 Å². The fourth-order valence-corrected chi connectivity index (χ4v) is 9.49. The highest BCUT2D eigenvalue weighted by atomic mass is 32.1. The minimum atomic E-state index is 0.627. The van der Waals surface area contributed by atoms with Crippen LogP contribution in [0.1, 0.15) is 0 Å². The molecule has 4 heterocycles. The van der Waals surface area contributed by atoms with Gasteiger partial charge in [-0.05, 0) is 53.6 Å². The molecule has 0 N–H and O–H groups in total. The van der Waals surface area contributed by atoms with Crippen LogP contribution in [0.2, 0.25) is 0 Å². The molecule has 4 aromatic heterocycles. The molecule has 0 fully saturated rings. The van der Waals surface area contributed by atoms with Gasteiger partial charge in [0.15, 0.2) is 23.1 Å². The molecule has 0 aliphatic rings. The molecule has 6 nitrogen and oxygen atoms in total. The SMILES string of the molecule is c1ccc(-c2nc(-c3ccccc3)nc(-c3ccc4nc(-c5cccc(-c6cccc7c6sc6c(-c8nc9ccccc9o8)cccc67)c5)sc4c3)n2)cc1. The smallest absolute Gasteiger partial charge is 0.228 e. The molecule has 0 saturated carbocycles. The number of para-hydroxylation sites is 2. The molecule has 0 unspecified atom stereocenters. The van der Waals surface area contributed by atoms with Crippen LogP contribution in [-0.4, -0.2) is 24.9 Å². The van der Waals surface area contributed by atoms with Gasteiger partial charge in [-0.1, -0.05) is 121 Å². The zero-order valence-corrected chi connectivity index (χ0v) is 30.7. The van der Waals surface area contributed by atoms with Gasteiger partial charge in [-0.2, -0.15) is 0 Å². The minimum Gasteiger partial charge on any atom is -0.436 e. The van der Waals surface area contributed by atoms with Gasteiger partial charge in [0.2, 0.25) is 5.89 Å². The summed E-state index contributed by atoms with van der Waals surface area (Å²) < 4.78 is 9.69. The molecule has 0 spiro atoms. The van der Waals surface area contributed by atoms with Crippen molar-refractivity contribution in [2.75, 3.05) is 0 Å². The number of nitrogens with zero attached hydrogens (tertiary/aromatic N) is 5. The van der Waals surface area contributed by atoms with Crippen molar-refractivity contribution < 1.29 is 4.42 Å². The Balaban J connectivity index is 0.975. The van der Waals surface area contributed by atoms with Gasteiger partial charge in [0.05, 0.1) is 15.8 Å². The van der Waals surface area contributed by atoms with Crippen LogP contribution < -0.4 is 0 Å². The Kier molecular flexibility index (Phi) is 7.43. The predicted octanol–water partition coefficient (Wildman–Crippen LogP) is 13.0. The van der Waals surface area contributed by atoms with E-state index in [2.05, 4.69) is 78.9 Å². The molecule has 55 heavy (non-hydrogen) atoms. The molecule has 0 saturated heterocycles. The summed E-state index contributed by atoms with van der Waals surface area (Å²) in [5.41, 5.74) is 9.81. The maximum absolute atomic E-state index is 6.22. The summed E-state index contributed by atoms with van der Waals surface area (Å²) in [6, 6.07) is 55.9. The number of hydrogen-bond acceptors (Lipinski definition) is 8. The number of hydrogen-bond donors (Lipinski definition) is 0. The van der Waals surface area contributed by atoms with E-state index in [0.717, 1.165) is 59.7 Å². The molecule has 0 aliphatic heterocycles. The lowest BCUT2D eigenvalue weighted by molar-refractivity contribution is 0.621. The minimum absolute atomic E-state index is 0.627. The van der Waals surface area contributed by atoms with Crippen LogP contribution in [-0.2, 0) is 0 Å². The molecule has 7 aromatic carbocycles. The fourth-order valence-electron chi connectivity index (χ4n) is 7.15. The molecule has 11 aromatic rings. The Hall–Kier alpha value is -6.87. The van der Waals surface area contributed by atoms with E-state index in [9.17, 15) is 0 Å². The quantitative estimate of drug-likeness (QED) is 0.169. The number of aromatic nitrogens is 5. The van der Waals surface area contributed by atoms with Gasteiger partial charge in [0, 0.05) is 42.4 Å². The molecule has 0 atom stereocenters. The summed E-state index contributed by atoms with van der Waals surface area (Å²) in [5.74, 6) is 2.55. The Labute approximate surface area is 323 Å². The van der Waals surface area contributed by atoms with Gasteiger partial charge in [0.1, 0.15) is 10.5 Å². The highest BCUT2D eigenvalue weighted by molar-refractivity contribution is 7.27. The fraction of sp³-hybridized carbons (Fsp3) is 0. The first-order chi connectivity index (χ1) is 27.2. The molecule has 258 valence electrons. The van der Waals surface area contributed by atoms with Crippen molar-refractivity contribution in [3.63, 3.8) is 0 Å². The van der Waals surface area contributed by atoms with E-state index in [1.807, 2.05) is 84.9 Å². The average Bonchev–Trinajstić information content (AvgIpc) is 3.99. The Morgan fingerprint density at radius 3 is 1.71 bits per heavy atom. The van der Waals surface area contributed by atoms with Gasteiger partial charge in [-0.3, -0.25) is 0 Å². The first-order valence-corrected chi connectivity index (χ1v) is 19.5. The van der Waals surface area contributed by atoms with Crippen LogP contribution in [0.3, 0.4) is 0 Å². The molecule has 0 bridgehead atoms. The molecule has 8 heteroatoms. The van der Waals surface area contributed by atoms with Crippen molar-refractivity contribution in [2.24, 2.45) is 0 Å². The van der Waals surface area contributed by atoms with E-state index in [0.29, 0.717) is 23.4 Å². The third-order valence-corrected chi connectivity index (χ3v) is 12.2. The van der Waals surface area contributed by atoms with Crippen molar-refractivity contribution >= 4 is 64.2 Å². The molecular formula is C47H27N5OS2. The largest absolute Gasteiger partial charge is 0.436 e. The zero-order chi connectivity index (χ0) is 36.3. The third-order valence-electron chi connectivity index (χ3n) is 9.82. The van der Waals surface area contributed by atoms with Crippen LogP contribution >= 0.6 is 22.7 Å². The number of thiophene rings is 1. The summed E-state index contributed by atoms with van der Waals surface area (Å²) in [5, 5.41) is 3.38. The lowest BCUT2D eigenvalue weighted by Crippen LogP contribution is -1.99. The highest BCUT2D eigenvalue weighted by Gasteiger charge is 2.18. The van der Waals surface area contributed by atoms with Crippen molar-refractivity contribution in [2.45, 2.75) is 0 Å². The maximum atomic E-state index is 6.22. The molecule has 0 aliphatic carbocycles. The number of oxazole rings is 1. The van der Waals surface area contributed by atoms with E-state index in [1.54, 1.807) is 22.7 Å². The Morgan fingerprint density at radius 1 is 0.382 bits per heavy atom. The summed E-state index contributed by atoms with van der Waals surface area (Å²) in [6.45, 7) is 0. The van der Waals surface area contributed by atoms with E-state index in [1.165, 1.54) is 25.7 Å². The van der Waals surface area contributed by atoms with E-state index in [4.69, 9.17) is 29.3 Å². The van der Waals surface area contributed by atoms with Gasteiger partial charge >= 0.3 is 0 Å². The number of rotatable bonds is 6. The van der Waals surface area contributed by atoms with Gasteiger partial charge < -0.3 is 4.42 Å². The zero-order valence-electron chi connectivity index (χ0n) is 29.0. The highest BCUT2D eigenvalue weighted by Crippen LogP contribution is 2.44. The van der Waals surface area contributed by atoms with Crippen molar-refractivity contribution in [1.82, 2.24) is 24.9 Å². The van der Waals surface area contributed by atoms with E-state index < -0.39 is 0 Å². The molecule has 0 radical (unpaired) electrons. The third kappa shape index (κ3) is 5.58. The van der Waals surface area contributed by atoms with E-state index in [-0.39, 0.29) is 0 Å². The van der Waals surface area contributed by atoms with Crippen LogP contribution in [0.5, 0.6) is 0 Å². The number of thiazole rings is 1. The second-order valence-corrected chi connectivity index (χ2v) is 15.3. The van der Waals surface area contributed by atoms with Gasteiger partial charge in [-0.15, -0.1) is 22.7 Å². The standard InChI is InChI=1S/C47H27N5OS2/c1-3-12-28(13-4-1)43-50-44(29-14-5-2-6-15-29)52-45(51-43)31-24-25-38-40(27-31)54-47(49-38)32-17-9-16-30(26-32)33-18-10-19-34-35-20-11-21-36(42(35)55-41(33)34)46-48-37-22-7-8-23-39(37)53-46/h1-27H. The Bertz CT molecular complexity index is 3130. The van der Waals surface area contributed by atoms with Crippen LogP contribution in [0, 0.1) is 0 Å². The number of fused-ring (bicyclic) bond motifs is 5. The van der Waals surface area contributed by atoms with Crippen LogP contribution in [0.4, 0.5) is 0 Å². The molecule has 0 amide bonds. The van der Waals surface area contributed by atoms with E-state index >= 15 is 0 Å². The lowest BCUT2D eigenvalue weighted by atomic mass is 10.0. The summed E-state index contributed by atoms with van der Waals surface area (Å²) in [4.78, 5) is 24.7. The van der Waals surface area contributed by atoms with Gasteiger partial charge in [-0.25, -0.2) is 24.9 Å². The molecule has 11 rings (SSSR count). The van der Waals surface area contributed by atoms with Crippen LogP contribution in [0.15, 0.2) is 168 Å². The second-order valence-electron chi connectivity index (χ2n) is 13.3. The van der Waals surface area contributed by atoms with Crippen molar-refractivity contribution in [3.05, 3.63) is 164 Å². The first kappa shape index (κ1) is 31.6. The summed E-state index contributed by atoms with van der Waals surface area (Å²) >= 11 is 3.46. The van der Waals surface area contributed by atoms with Crippen molar-refractivity contribution in [3.8, 4) is 67.3 Å². The normalized spacial score (nSPS) is 11.6.